The van der Waals surface area contributed by atoms with Gasteiger partial charge in [-0.3, -0.25) is 4.79 Å². The van der Waals surface area contributed by atoms with Crippen molar-refractivity contribution in [3.8, 4) is 11.3 Å². The van der Waals surface area contributed by atoms with E-state index in [0.717, 1.165) is 33.3 Å². The van der Waals surface area contributed by atoms with Crippen LogP contribution in [0.2, 0.25) is 0 Å². The highest BCUT2D eigenvalue weighted by Gasteiger charge is 2.13. The van der Waals surface area contributed by atoms with E-state index in [1.165, 1.54) is 7.11 Å². The maximum absolute atomic E-state index is 11.6. The minimum atomic E-state index is -0.243. The number of carbonyl (C=O) groups is 1. The van der Waals surface area contributed by atoms with Gasteiger partial charge in [0.1, 0.15) is 0 Å². The largest absolute Gasteiger partial charge is 0.469 e. The molecule has 0 aliphatic rings. The second-order valence-corrected chi connectivity index (χ2v) is 5.25. The number of ether oxygens (including phenoxy) is 1. The number of nitrogens with zero attached hydrogens (tertiary/aromatic N) is 1. The van der Waals surface area contributed by atoms with Gasteiger partial charge in [-0.25, -0.2) is 4.98 Å². The first-order chi connectivity index (χ1) is 10.7. The Morgan fingerprint density at radius 2 is 1.86 bits per heavy atom. The highest BCUT2D eigenvalue weighted by Crippen LogP contribution is 2.28. The Hall–Kier alpha value is -2.68. The molecule has 22 heavy (non-hydrogen) atoms. The number of hydrogen-bond donors (Lipinski definition) is 0. The highest BCUT2D eigenvalue weighted by molar-refractivity contribution is 5.84. The third kappa shape index (κ3) is 2.70. The van der Waals surface area contributed by atoms with Crippen LogP contribution in [0.1, 0.15) is 11.1 Å². The van der Waals surface area contributed by atoms with E-state index in [1.54, 1.807) is 0 Å². The predicted molar refractivity (Wildman–Crippen MR) is 87.6 cm³/mol. The molecule has 3 heteroatoms. The number of rotatable bonds is 3. The molecule has 0 atom stereocenters. The minimum Gasteiger partial charge on any atom is -0.469 e. The molecule has 0 bridgehead atoms. The van der Waals surface area contributed by atoms with Gasteiger partial charge in [-0.15, -0.1) is 0 Å². The average molecular weight is 291 g/mol. The monoisotopic (exact) mass is 291 g/mol. The number of aromatic nitrogens is 1. The van der Waals surface area contributed by atoms with Gasteiger partial charge in [0, 0.05) is 10.9 Å². The van der Waals surface area contributed by atoms with Gasteiger partial charge in [0.15, 0.2) is 0 Å². The van der Waals surface area contributed by atoms with Crippen LogP contribution in [0.5, 0.6) is 0 Å². The molecule has 0 fully saturated rings. The molecule has 0 radical (unpaired) electrons. The van der Waals surface area contributed by atoms with Gasteiger partial charge in [0.05, 0.1) is 24.7 Å². The zero-order valence-corrected chi connectivity index (χ0v) is 12.7. The molecule has 0 N–H and O–H groups in total. The quantitative estimate of drug-likeness (QED) is 0.686. The van der Waals surface area contributed by atoms with Crippen LogP contribution in [0.4, 0.5) is 0 Å². The molecule has 1 heterocycles. The lowest BCUT2D eigenvalue weighted by molar-refractivity contribution is -0.139. The zero-order chi connectivity index (χ0) is 15.5. The number of pyridine rings is 1. The van der Waals surface area contributed by atoms with Crippen molar-refractivity contribution < 1.29 is 9.53 Å². The molecule has 0 saturated carbocycles. The van der Waals surface area contributed by atoms with E-state index in [0.29, 0.717) is 0 Å². The lowest BCUT2D eigenvalue weighted by Gasteiger charge is -2.12. The Balaban J connectivity index is 2.14. The van der Waals surface area contributed by atoms with Crippen molar-refractivity contribution in [1.29, 1.82) is 0 Å². The molecule has 110 valence electrons. The molecule has 0 saturated heterocycles. The molecule has 3 rings (SSSR count). The molecule has 0 unspecified atom stereocenters. The molecule has 0 amide bonds. The predicted octanol–water partition coefficient (Wildman–Crippen LogP) is 3.93. The van der Waals surface area contributed by atoms with Crippen LogP contribution in [0.15, 0.2) is 54.6 Å². The molecule has 3 aromatic rings. The molecular formula is C19H17NO2. The highest BCUT2D eigenvalue weighted by atomic mass is 16.5. The molecule has 0 spiro atoms. The number of benzene rings is 2. The normalized spacial score (nSPS) is 10.6. The van der Waals surface area contributed by atoms with Crippen molar-refractivity contribution in [2.24, 2.45) is 0 Å². The summed E-state index contributed by atoms with van der Waals surface area (Å²) in [5, 5.41) is 1.11. The maximum atomic E-state index is 11.6. The van der Waals surface area contributed by atoms with Gasteiger partial charge in [-0.05, 0) is 30.2 Å². The van der Waals surface area contributed by atoms with Crippen LogP contribution in [-0.2, 0) is 16.0 Å². The summed E-state index contributed by atoms with van der Waals surface area (Å²) < 4.78 is 4.80. The van der Waals surface area contributed by atoms with Crippen molar-refractivity contribution in [3.63, 3.8) is 0 Å². The number of carbonyl (C=O) groups excluding carboxylic acids is 1. The lowest BCUT2D eigenvalue weighted by atomic mass is 9.96. The standard InChI is InChI=1S/C19H17NO2/c1-13-6-5-8-15(12-18(21)22-2)19(13)17-11-10-14-7-3-4-9-16(14)20-17/h3-11H,12H2,1-2H3. The number of methoxy groups -OCH3 is 1. The third-order valence-corrected chi connectivity index (χ3v) is 3.78. The summed E-state index contributed by atoms with van der Waals surface area (Å²) >= 11 is 0. The summed E-state index contributed by atoms with van der Waals surface area (Å²) in [6.07, 6.45) is 0.252. The second-order valence-electron chi connectivity index (χ2n) is 5.25. The molecular weight excluding hydrogens is 274 g/mol. The zero-order valence-electron chi connectivity index (χ0n) is 12.7. The lowest BCUT2D eigenvalue weighted by Crippen LogP contribution is -2.06. The van der Waals surface area contributed by atoms with Crippen molar-refractivity contribution in [2.45, 2.75) is 13.3 Å². The van der Waals surface area contributed by atoms with Gasteiger partial charge in [-0.2, -0.15) is 0 Å². The van der Waals surface area contributed by atoms with Crippen molar-refractivity contribution in [3.05, 3.63) is 65.7 Å². The topological polar surface area (TPSA) is 39.2 Å². The van der Waals surface area contributed by atoms with Crippen LogP contribution in [0, 0.1) is 6.92 Å². The van der Waals surface area contributed by atoms with E-state index >= 15 is 0 Å². The van der Waals surface area contributed by atoms with E-state index in [2.05, 4.69) is 6.07 Å². The Morgan fingerprint density at radius 3 is 2.68 bits per heavy atom. The van der Waals surface area contributed by atoms with E-state index in [1.807, 2.05) is 55.5 Å². The number of aryl methyl sites for hydroxylation is 1. The van der Waals surface area contributed by atoms with Crippen LogP contribution in [0.25, 0.3) is 22.2 Å². The van der Waals surface area contributed by atoms with E-state index in [-0.39, 0.29) is 12.4 Å². The van der Waals surface area contributed by atoms with Crippen molar-refractivity contribution in [1.82, 2.24) is 4.98 Å². The van der Waals surface area contributed by atoms with Crippen LogP contribution >= 0.6 is 0 Å². The van der Waals surface area contributed by atoms with Gasteiger partial charge in [0.2, 0.25) is 0 Å². The third-order valence-electron chi connectivity index (χ3n) is 3.78. The molecule has 0 aliphatic carbocycles. The van der Waals surface area contributed by atoms with E-state index < -0.39 is 0 Å². The summed E-state index contributed by atoms with van der Waals surface area (Å²) in [4.78, 5) is 16.4. The van der Waals surface area contributed by atoms with Gasteiger partial charge in [0.25, 0.3) is 0 Å². The first-order valence-corrected chi connectivity index (χ1v) is 7.20. The summed E-state index contributed by atoms with van der Waals surface area (Å²) in [6.45, 7) is 2.03. The molecule has 2 aromatic carbocycles. The fraction of sp³-hybridized carbons (Fsp3) is 0.158. The number of fused-ring (bicyclic) bond motifs is 1. The Bertz CT molecular complexity index is 840. The Morgan fingerprint density at radius 1 is 1.05 bits per heavy atom. The van der Waals surface area contributed by atoms with Crippen LogP contribution in [-0.4, -0.2) is 18.1 Å². The Labute approximate surface area is 129 Å². The Kier molecular flexibility index (Phi) is 3.88. The molecule has 0 aliphatic heterocycles. The van der Waals surface area contributed by atoms with Crippen LogP contribution in [0.3, 0.4) is 0 Å². The first kappa shape index (κ1) is 14.3. The molecule has 1 aromatic heterocycles. The minimum absolute atomic E-state index is 0.243. The van der Waals surface area contributed by atoms with Crippen molar-refractivity contribution >= 4 is 16.9 Å². The number of para-hydroxylation sites is 1. The van der Waals surface area contributed by atoms with Crippen LogP contribution < -0.4 is 0 Å². The molecule has 3 nitrogen and oxygen atoms in total. The number of hydrogen-bond acceptors (Lipinski definition) is 3. The van der Waals surface area contributed by atoms with Crippen molar-refractivity contribution in [2.75, 3.05) is 7.11 Å². The van der Waals surface area contributed by atoms with Gasteiger partial charge >= 0.3 is 5.97 Å². The van der Waals surface area contributed by atoms with Gasteiger partial charge < -0.3 is 4.74 Å². The summed E-state index contributed by atoms with van der Waals surface area (Å²) in [5.74, 6) is -0.243. The summed E-state index contributed by atoms with van der Waals surface area (Å²) in [5.41, 5.74) is 4.89. The summed E-state index contributed by atoms with van der Waals surface area (Å²) in [7, 11) is 1.41. The average Bonchev–Trinajstić information content (AvgIpc) is 2.54. The summed E-state index contributed by atoms with van der Waals surface area (Å²) in [6, 6.07) is 18.0. The first-order valence-electron chi connectivity index (χ1n) is 7.20. The van der Waals surface area contributed by atoms with E-state index in [4.69, 9.17) is 9.72 Å². The fourth-order valence-corrected chi connectivity index (χ4v) is 2.68. The number of esters is 1. The van der Waals surface area contributed by atoms with Gasteiger partial charge in [-0.1, -0.05) is 42.5 Å². The maximum Gasteiger partial charge on any atom is 0.310 e. The smallest absolute Gasteiger partial charge is 0.310 e. The fourth-order valence-electron chi connectivity index (χ4n) is 2.68. The van der Waals surface area contributed by atoms with E-state index in [9.17, 15) is 4.79 Å². The second kappa shape index (κ2) is 5.98. The SMILES string of the molecule is COC(=O)Cc1cccc(C)c1-c1ccc2ccccc2n1.